The number of guanidine groups is 1. The van der Waals surface area contributed by atoms with E-state index in [1.165, 1.54) is 5.06 Å². The standard InChI is InChI=1S/C25H40N6O7/c1-8-9-12-35-31-16-10-11-19(30(15-16)23(31)34)18-13-17(38-29-18)14-26-20(27-21(32)36-24(2,3)4)28-22(33)37-25(5,6)7/h13,16,19H,8-12,14-15H2,1-7H3,(H2,26,27,28,32,33)/t16?,19-/m0/s1. The van der Waals surface area contributed by atoms with Crippen molar-refractivity contribution < 1.29 is 33.2 Å². The second kappa shape index (κ2) is 12.0. The molecule has 2 atom stereocenters. The number of hydroxylamine groups is 2. The number of amides is 4. The molecule has 13 nitrogen and oxygen atoms in total. The zero-order chi connectivity index (χ0) is 28.1. The molecule has 3 heterocycles. The molecule has 212 valence electrons. The third-order valence-electron chi connectivity index (χ3n) is 5.60. The largest absolute Gasteiger partial charge is 0.444 e. The summed E-state index contributed by atoms with van der Waals surface area (Å²) in [5.74, 6) is 0.223. The van der Waals surface area contributed by atoms with Gasteiger partial charge in [-0.25, -0.2) is 19.4 Å². The second-order valence-corrected chi connectivity index (χ2v) is 11.3. The van der Waals surface area contributed by atoms with Gasteiger partial charge in [-0.1, -0.05) is 18.5 Å². The van der Waals surface area contributed by atoms with Crippen molar-refractivity contribution in [1.29, 1.82) is 0 Å². The molecular weight excluding hydrogens is 496 g/mol. The van der Waals surface area contributed by atoms with Crippen LogP contribution >= 0.6 is 0 Å². The minimum absolute atomic E-state index is 0.0343. The zero-order valence-corrected chi connectivity index (χ0v) is 23.3. The lowest BCUT2D eigenvalue weighted by Gasteiger charge is -2.28. The molecule has 0 aliphatic carbocycles. The maximum absolute atomic E-state index is 12.9. The summed E-state index contributed by atoms with van der Waals surface area (Å²) >= 11 is 0. The fourth-order valence-electron chi connectivity index (χ4n) is 4.04. The number of alkyl carbamates (subject to hydrolysis) is 2. The highest BCUT2D eigenvalue weighted by molar-refractivity contribution is 6.01. The lowest BCUT2D eigenvalue weighted by molar-refractivity contribution is -0.130. The van der Waals surface area contributed by atoms with Gasteiger partial charge in [0.25, 0.3) is 0 Å². The molecule has 2 aliphatic heterocycles. The zero-order valence-electron chi connectivity index (χ0n) is 23.3. The summed E-state index contributed by atoms with van der Waals surface area (Å²) in [5, 5.41) is 10.5. The Labute approximate surface area is 223 Å². The Bertz CT molecular complexity index is 994. The number of fused-ring (bicyclic) bond motifs is 2. The van der Waals surface area contributed by atoms with Crippen LogP contribution in [0.3, 0.4) is 0 Å². The molecule has 2 N–H and O–H groups in total. The van der Waals surface area contributed by atoms with Crippen molar-refractivity contribution in [3.05, 3.63) is 17.5 Å². The smallest absolute Gasteiger partial charge is 0.414 e. The van der Waals surface area contributed by atoms with Crippen molar-refractivity contribution >= 4 is 24.2 Å². The van der Waals surface area contributed by atoms with E-state index in [4.69, 9.17) is 18.8 Å². The van der Waals surface area contributed by atoms with Crippen LogP contribution < -0.4 is 10.6 Å². The quantitative estimate of drug-likeness (QED) is 0.298. The molecule has 0 aromatic carbocycles. The number of piperidine rings is 1. The van der Waals surface area contributed by atoms with Gasteiger partial charge in [-0.15, -0.1) is 0 Å². The Balaban J connectivity index is 1.67. The molecule has 1 aromatic heterocycles. The minimum Gasteiger partial charge on any atom is -0.444 e. The van der Waals surface area contributed by atoms with Crippen LogP contribution in [0.1, 0.15) is 91.6 Å². The average molecular weight is 537 g/mol. The number of nitrogens with one attached hydrogen (secondary N) is 2. The molecule has 0 spiro atoms. The topological polar surface area (TPSA) is 148 Å². The third kappa shape index (κ3) is 8.33. The first-order valence-electron chi connectivity index (χ1n) is 13.0. The van der Waals surface area contributed by atoms with Crippen molar-refractivity contribution in [2.75, 3.05) is 13.2 Å². The molecule has 13 heteroatoms. The number of aromatic nitrogens is 1. The van der Waals surface area contributed by atoms with Gasteiger partial charge in [0.2, 0.25) is 5.96 Å². The molecule has 1 aromatic rings. The highest BCUT2D eigenvalue weighted by Crippen LogP contribution is 2.38. The van der Waals surface area contributed by atoms with E-state index in [-0.39, 0.29) is 30.6 Å². The van der Waals surface area contributed by atoms with Crippen LogP contribution in [0.5, 0.6) is 0 Å². The van der Waals surface area contributed by atoms with Gasteiger partial charge in [-0.3, -0.25) is 15.5 Å². The summed E-state index contributed by atoms with van der Waals surface area (Å²) in [5.41, 5.74) is -0.883. The molecule has 2 fully saturated rings. The van der Waals surface area contributed by atoms with E-state index < -0.39 is 23.4 Å². The Morgan fingerprint density at radius 3 is 2.32 bits per heavy atom. The fraction of sp³-hybridized carbons (Fsp3) is 0.720. The molecule has 0 radical (unpaired) electrons. The molecule has 2 bridgehead atoms. The Kier molecular flexibility index (Phi) is 9.23. The summed E-state index contributed by atoms with van der Waals surface area (Å²) in [6.45, 7) is 13.4. The maximum atomic E-state index is 12.9. The van der Waals surface area contributed by atoms with Gasteiger partial charge in [-0.05, 0) is 60.8 Å². The highest BCUT2D eigenvalue weighted by Gasteiger charge is 2.46. The monoisotopic (exact) mass is 536 g/mol. The van der Waals surface area contributed by atoms with E-state index in [1.807, 2.05) is 0 Å². The normalized spacial score (nSPS) is 19.3. The van der Waals surface area contributed by atoms with Crippen LogP contribution in [0.4, 0.5) is 14.4 Å². The van der Waals surface area contributed by atoms with E-state index in [0.717, 1.165) is 25.7 Å². The summed E-state index contributed by atoms with van der Waals surface area (Å²) in [6.07, 6.45) is 1.82. The van der Waals surface area contributed by atoms with Gasteiger partial charge in [0.05, 0.1) is 18.7 Å². The third-order valence-corrected chi connectivity index (χ3v) is 5.60. The summed E-state index contributed by atoms with van der Waals surface area (Å²) < 4.78 is 16.0. The Hall–Kier alpha value is -3.35. The van der Waals surface area contributed by atoms with E-state index >= 15 is 0 Å². The van der Waals surface area contributed by atoms with Crippen molar-refractivity contribution in [2.45, 2.75) is 104 Å². The highest BCUT2D eigenvalue weighted by atomic mass is 16.7. The first-order valence-corrected chi connectivity index (χ1v) is 13.0. The number of unbranched alkanes of at least 4 members (excludes halogenated alkanes) is 1. The van der Waals surface area contributed by atoms with Gasteiger partial charge < -0.3 is 18.9 Å². The number of ether oxygens (including phenoxy) is 2. The summed E-state index contributed by atoms with van der Waals surface area (Å²) in [7, 11) is 0. The van der Waals surface area contributed by atoms with E-state index in [0.29, 0.717) is 24.6 Å². The first kappa shape index (κ1) is 29.2. The predicted molar refractivity (Wildman–Crippen MR) is 137 cm³/mol. The molecule has 0 saturated carbocycles. The lowest BCUT2D eigenvalue weighted by Crippen LogP contribution is -2.47. The number of hydrogen-bond donors (Lipinski definition) is 2. The number of carbonyl (C=O) groups excluding carboxylic acids is 3. The molecule has 1 unspecified atom stereocenters. The average Bonchev–Trinajstić information content (AvgIpc) is 3.34. The first-order chi connectivity index (χ1) is 17.8. The van der Waals surface area contributed by atoms with Gasteiger partial charge in [0.1, 0.15) is 23.4 Å². The number of urea groups is 1. The number of hydrogen-bond acceptors (Lipinski definition) is 9. The number of aliphatic imine (C=N–C) groups is 1. The van der Waals surface area contributed by atoms with Gasteiger partial charge in [-0.2, -0.15) is 5.06 Å². The van der Waals surface area contributed by atoms with Crippen LogP contribution in [0.15, 0.2) is 15.6 Å². The van der Waals surface area contributed by atoms with Gasteiger partial charge in [0.15, 0.2) is 5.76 Å². The Morgan fingerprint density at radius 1 is 1.11 bits per heavy atom. The molecule has 4 amide bonds. The summed E-state index contributed by atoms with van der Waals surface area (Å²) in [6, 6.07) is 1.36. The number of rotatable bonds is 7. The summed E-state index contributed by atoms with van der Waals surface area (Å²) in [4.78, 5) is 49.2. The van der Waals surface area contributed by atoms with Gasteiger partial charge in [0, 0.05) is 12.6 Å². The van der Waals surface area contributed by atoms with E-state index in [9.17, 15) is 14.4 Å². The van der Waals surface area contributed by atoms with Crippen molar-refractivity contribution in [2.24, 2.45) is 4.99 Å². The molecular formula is C25H40N6O7. The maximum Gasteiger partial charge on any atom is 0.414 e. The number of nitrogens with zero attached hydrogens (tertiary/aromatic N) is 4. The van der Waals surface area contributed by atoms with Crippen LogP contribution in [0, 0.1) is 0 Å². The fourth-order valence-corrected chi connectivity index (χ4v) is 4.04. The lowest BCUT2D eigenvalue weighted by atomic mass is 9.98. The van der Waals surface area contributed by atoms with Crippen LogP contribution in [-0.2, 0) is 20.9 Å². The van der Waals surface area contributed by atoms with Crippen LogP contribution in [-0.4, -0.2) is 69.7 Å². The van der Waals surface area contributed by atoms with Gasteiger partial charge >= 0.3 is 18.2 Å². The molecule has 2 aliphatic rings. The predicted octanol–water partition coefficient (Wildman–Crippen LogP) is 4.25. The van der Waals surface area contributed by atoms with Crippen LogP contribution in [0.25, 0.3) is 0 Å². The van der Waals surface area contributed by atoms with Crippen molar-refractivity contribution in [3.8, 4) is 0 Å². The van der Waals surface area contributed by atoms with E-state index in [2.05, 4.69) is 27.7 Å². The Morgan fingerprint density at radius 2 is 1.74 bits per heavy atom. The van der Waals surface area contributed by atoms with E-state index in [1.54, 1.807) is 52.5 Å². The number of carbonyl (C=O) groups is 3. The molecule has 2 saturated heterocycles. The minimum atomic E-state index is -0.791. The van der Waals surface area contributed by atoms with Crippen molar-refractivity contribution in [1.82, 2.24) is 25.8 Å². The SMILES string of the molecule is CCCCON1C(=O)N2CC1CC[C@H]2c1cc(CN=C(NC(=O)OC(C)(C)C)NC(=O)OC(C)(C)C)on1. The molecule has 38 heavy (non-hydrogen) atoms. The van der Waals surface area contributed by atoms with Crippen LogP contribution in [0.2, 0.25) is 0 Å². The second-order valence-electron chi connectivity index (χ2n) is 11.3. The van der Waals surface area contributed by atoms with Crippen molar-refractivity contribution in [3.63, 3.8) is 0 Å². The molecule has 3 rings (SSSR count).